The highest BCUT2D eigenvalue weighted by Crippen LogP contribution is 2.40. The van der Waals surface area contributed by atoms with Crippen molar-refractivity contribution in [3.8, 4) is 5.75 Å². The molecule has 1 aromatic carbocycles. The maximum atomic E-state index is 14.1. The van der Waals surface area contributed by atoms with Gasteiger partial charge >= 0.3 is 6.09 Å². The van der Waals surface area contributed by atoms with Crippen LogP contribution in [0, 0.1) is 6.92 Å². The minimum atomic E-state index is -1.19. The molecule has 3 amide bonds. The second-order valence-corrected chi connectivity index (χ2v) is 11.7. The summed E-state index contributed by atoms with van der Waals surface area (Å²) < 4.78 is 17.0. The molecule has 38 heavy (non-hydrogen) atoms. The number of rotatable bonds is 7. The summed E-state index contributed by atoms with van der Waals surface area (Å²) >= 11 is 0. The predicted molar refractivity (Wildman–Crippen MR) is 146 cm³/mol. The van der Waals surface area contributed by atoms with Crippen LogP contribution in [0.3, 0.4) is 0 Å². The lowest BCUT2D eigenvalue weighted by Crippen LogP contribution is -2.58. The maximum absolute atomic E-state index is 14.1. The number of likely N-dealkylation sites (tertiary alicyclic amines) is 1. The van der Waals surface area contributed by atoms with Gasteiger partial charge in [-0.15, -0.1) is 0 Å². The zero-order valence-corrected chi connectivity index (χ0v) is 24.1. The van der Waals surface area contributed by atoms with Crippen LogP contribution in [-0.4, -0.2) is 90.9 Å². The van der Waals surface area contributed by atoms with Crippen LogP contribution < -0.4 is 15.4 Å². The van der Waals surface area contributed by atoms with E-state index in [4.69, 9.17) is 19.9 Å². The van der Waals surface area contributed by atoms with Crippen molar-refractivity contribution in [3.63, 3.8) is 0 Å². The fraction of sp³-hybridized carbons (Fsp3) is 0.679. The molecule has 0 aromatic heterocycles. The Hall–Kier alpha value is -2.85. The fourth-order valence-corrected chi connectivity index (χ4v) is 5.23. The van der Waals surface area contributed by atoms with Gasteiger partial charge in [-0.2, -0.15) is 0 Å². The predicted octanol–water partition coefficient (Wildman–Crippen LogP) is 3.33. The second kappa shape index (κ2) is 11.5. The third kappa shape index (κ3) is 6.23. The molecule has 0 spiro atoms. The number of anilines is 1. The zero-order chi connectivity index (χ0) is 28.4. The number of piperidine rings is 1. The van der Waals surface area contributed by atoms with Gasteiger partial charge in [0.15, 0.2) is 0 Å². The van der Waals surface area contributed by atoms with Crippen molar-refractivity contribution in [2.75, 3.05) is 44.8 Å². The Morgan fingerprint density at radius 1 is 1.29 bits per heavy atom. The first kappa shape index (κ1) is 29.7. The molecular formula is C28H44N4O6. The molecule has 2 aliphatic rings. The van der Waals surface area contributed by atoms with Crippen LogP contribution in [-0.2, 0) is 14.3 Å². The lowest BCUT2D eigenvalue weighted by atomic mass is 9.97. The van der Waals surface area contributed by atoms with E-state index in [9.17, 15) is 14.4 Å². The smallest absolute Gasteiger partial charge is 0.410 e. The summed E-state index contributed by atoms with van der Waals surface area (Å²) in [5, 5.41) is 0. The number of aryl methyl sites for hydroxylation is 1. The molecule has 10 nitrogen and oxygen atoms in total. The number of hydrogen-bond acceptors (Lipinski definition) is 7. The second-order valence-electron chi connectivity index (χ2n) is 11.7. The highest BCUT2D eigenvalue weighted by atomic mass is 16.6. The van der Waals surface area contributed by atoms with E-state index in [2.05, 4.69) is 0 Å². The van der Waals surface area contributed by atoms with Crippen molar-refractivity contribution < 1.29 is 28.6 Å². The number of ether oxygens (including phenoxy) is 3. The Morgan fingerprint density at radius 2 is 1.97 bits per heavy atom. The number of hydrogen-bond donors (Lipinski definition) is 1. The number of nitrogens with two attached hydrogens (primary N) is 1. The van der Waals surface area contributed by atoms with E-state index in [1.54, 1.807) is 28.9 Å². The molecule has 2 N–H and O–H groups in total. The van der Waals surface area contributed by atoms with Gasteiger partial charge in [-0.3, -0.25) is 9.59 Å². The van der Waals surface area contributed by atoms with Crippen molar-refractivity contribution in [3.05, 3.63) is 23.3 Å². The van der Waals surface area contributed by atoms with E-state index in [1.165, 1.54) is 7.11 Å². The van der Waals surface area contributed by atoms with Gasteiger partial charge in [-0.25, -0.2) is 4.79 Å². The molecule has 2 atom stereocenters. The topological polar surface area (TPSA) is 115 Å². The van der Waals surface area contributed by atoms with E-state index in [-0.39, 0.29) is 49.7 Å². The Balaban J connectivity index is 1.95. The van der Waals surface area contributed by atoms with Crippen LogP contribution in [0.1, 0.15) is 70.3 Å². The third-order valence-corrected chi connectivity index (χ3v) is 6.86. The summed E-state index contributed by atoms with van der Waals surface area (Å²) in [6.45, 7) is 14.7. The first-order chi connectivity index (χ1) is 17.7. The monoisotopic (exact) mass is 532 g/mol. The van der Waals surface area contributed by atoms with Crippen molar-refractivity contribution in [2.24, 2.45) is 5.73 Å². The minimum Gasteiger partial charge on any atom is -0.473 e. The van der Waals surface area contributed by atoms with Crippen LogP contribution in [0.2, 0.25) is 0 Å². The first-order valence-corrected chi connectivity index (χ1v) is 13.4. The summed E-state index contributed by atoms with van der Waals surface area (Å²) in [6, 6.07) is 3.27. The van der Waals surface area contributed by atoms with Crippen molar-refractivity contribution in [1.29, 1.82) is 0 Å². The van der Waals surface area contributed by atoms with E-state index >= 15 is 0 Å². The SMILES string of the molecule is COCC1(C)Oc2cc(C)c(C(=O)N(C(C)C)[C@@H]3CCCN(C(=O)OC(C)(C)C)C3)cc2N(CCN)C1=O. The van der Waals surface area contributed by atoms with Crippen molar-refractivity contribution in [2.45, 2.75) is 84.6 Å². The molecule has 3 rings (SSSR count). The molecule has 2 aliphatic heterocycles. The van der Waals surface area contributed by atoms with Crippen LogP contribution in [0.25, 0.3) is 0 Å². The molecule has 1 fully saturated rings. The standard InChI is InChI=1S/C28H44N4O6/c1-18(2)32(20-10-9-12-30(16-20)26(35)38-27(4,5)6)24(33)21-15-22-23(14-19(21)3)37-28(7,17-36-8)25(34)31(22)13-11-29/h14-15,18,20H,9-13,16-17,29H2,1-8H3/t20-,28?/m1/s1. The summed E-state index contributed by atoms with van der Waals surface area (Å²) in [5.41, 5.74) is 5.81. The molecule has 1 aromatic rings. The zero-order valence-electron chi connectivity index (χ0n) is 24.1. The third-order valence-electron chi connectivity index (χ3n) is 6.86. The Bertz CT molecular complexity index is 1050. The van der Waals surface area contributed by atoms with Crippen LogP contribution >= 0.6 is 0 Å². The molecular weight excluding hydrogens is 488 g/mol. The van der Waals surface area contributed by atoms with Crippen LogP contribution in [0.4, 0.5) is 10.5 Å². The Labute approximate surface area is 226 Å². The van der Waals surface area contributed by atoms with Crippen molar-refractivity contribution >= 4 is 23.6 Å². The summed E-state index contributed by atoms with van der Waals surface area (Å²) in [5.74, 6) is 0.0961. The molecule has 0 saturated carbocycles. The van der Waals surface area contributed by atoms with Crippen LogP contribution in [0.5, 0.6) is 5.75 Å². The average Bonchev–Trinajstić information content (AvgIpc) is 2.81. The molecule has 10 heteroatoms. The van der Waals surface area contributed by atoms with Gasteiger partial charge in [-0.1, -0.05) is 0 Å². The Kier molecular flexibility index (Phi) is 8.98. The van der Waals surface area contributed by atoms with Gasteiger partial charge in [0.05, 0.1) is 18.3 Å². The largest absolute Gasteiger partial charge is 0.473 e. The normalized spacial score (nSPS) is 21.7. The number of nitrogens with zero attached hydrogens (tertiary/aromatic N) is 3. The first-order valence-electron chi connectivity index (χ1n) is 13.4. The fourth-order valence-electron chi connectivity index (χ4n) is 5.23. The number of fused-ring (bicyclic) bond motifs is 1. The molecule has 212 valence electrons. The van der Waals surface area contributed by atoms with Gasteiger partial charge in [-0.05, 0) is 79.0 Å². The average molecular weight is 533 g/mol. The summed E-state index contributed by atoms with van der Waals surface area (Å²) in [7, 11) is 1.52. The number of carbonyl (C=O) groups excluding carboxylic acids is 3. The highest BCUT2D eigenvalue weighted by molar-refractivity contribution is 6.05. The van der Waals surface area contributed by atoms with E-state index in [0.29, 0.717) is 30.1 Å². The molecule has 0 bridgehead atoms. The quantitative estimate of drug-likeness (QED) is 0.573. The van der Waals surface area contributed by atoms with Crippen LogP contribution in [0.15, 0.2) is 12.1 Å². The number of carbonyl (C=O) groups is 3. The van der Waals surface area contributed by atoms with Gasteiger partial charge in [0.2, 0.25) is 5.60 Å². The number of amides is 3. The van der Waals surface area contributed by atoms with Gasteiger partial charge in [0, 0.05) is 44.9 Å². The molecule has 1 unspecified atom stereocenters. The lowest BCUT2D eigenvalue weighted by Gasteiger charge is -2.42. The van der Waals surface area contributed by atoms with Gasteiger partial charge in [0.1, 0.15) is 11.4 Å². The number of benzene rings is 1. The molecule has 1 saturated heterocycles. The maximum Gasteiger partial charge on any atom is 0.410 e. The Morgan fingerprint density at radius 3 is 2.55 bits per heavy atom. The van der Waals surface area contributed by atoms with E-state index < -0.39 is 11.2 Å². The van der Waals surface area contributed by atoms with Crippen molar-refractivity contribution in [1.82, 2.24) is 9.80 Å². The summed E-state index contributed by atoms with van der Waals surface area (Å²) in [6.07, 6.45) is 1.19. The molecule has 0 aliphatic carbocycles. The molecule has 0 radical (unpaired) electrons. The van der Waals surface area contributed by atoms with Gasteiger partial charge < -0.3 is 34.6 Å². The summed E-state index contributed by atoms with van der Waals surface area (Å²) in [4.78, 5) is 45.3. The number of methoxy groups -OCH3 is 1. The minimum absolute atomic E-state index is 0.0863. The van der Waals surface area contributed by atoms with E-state index in [0.717, 1.165) is 18.4 Å². The lowest BCUT2D eigenvalue weighted by molar-refractivity contribution is -0.138. The van der Waals surface area contributed by atoms with Gasteiger partial charge in [0.25, 0.3) is 11.8 Å². The molecule has 2 heterocycles. The highest BCUT2D eigenvalue weighted by Gasteiger charge is 2.45. The van der Waals surface area contributed by atoms with E-state index in [1.807, 2.05) is 46.4 Å².